The van der Waals surface area contributed by atoms with Gasteiger partial charge in [0, 0.05) is 51.2 Å². The molecule has 0 aliphatic rings. The highest BCUT2D eigenvalue weighted by atomic mass is 16.1. The van der Waals surface area contributed by atoms with Gasteiger partial charge in [-0.1, -0.05) is 18.2 Å². The van der Waals surface area contributed by atoms with E-state index in [0.29, 0.717) is 0 Å². The van der Waals surface area contributed by atoms with Crippen molar-refractivity contribution in [3.05, 3.63) is 89.1 Å². The van der Waals surface area contributed by atoms with Crippen molar-refractivity contribution in [2.45, 2.75) is 6.92 Å². The molecule has 6 aromatic rings. The predicted molar refractivity (Wildman–Crippen MR) is 115 cm³/mol. The third-order valence-corrected chi connectivity index (χ3v) is 5.04. The number of H-pyrrole nitrogens is 3. The number of pyridine rings is 2. The summed E-state index contributed by atoms with van der Waals surface area (Å²) in [6.07, 6.45) is 5.59. The van der Waals surface area contributed by atoms with Crippen molar-refractivity contribution in [1.82, 2.24) is 19.9 Å². The van der Waals surface area contributed by atoms with Gasteiger partial charge < -0.3 is 15.0 Å². The molecule has 0 unspecified atom stereocenters. The number of aromatic amines is 3. The minimum Gasteiger partial charge on any atom is -0.364 e. The van der Waals surface area contributed by atoms with Crippen LogP contribution in [0.3, 0.4) is 0 Å². The molecule has 0 amide bonds. The van der Waals surface area contributed by atoms with Gasteiger partial charge in [0.05, 0.1) is 22.7 Å². The van der Waals surface area contributed by atoms with Gasteiger partial charge in [-0.15, -0.1) is 0 Å². The highest BCUT2D eigenvalue weighted by Crippen LogP contribution is 2.25. The second-order valence-electron chi connectivity index (χ2n) is 6.82. The molecule has 4 heterocycles. The van der Waals surface area contributed by atoms with Gasteiger partial charge in [-0.2, -0.15) is 0 Å². The lowest BCUT2D eigenvalue weighted by Gasteiger charge is -1.94. The van der Waals surface area contributed by atoms with Gasteiger partial charge in [0.1, 0.15) is 0 Å². The van der Waals surface area contributed by atoms with E-state index in [1.165, 1.54) is 16.3 Å². The summed E-state index contributed by atoms with van der Waals surface area (Å²) >= 11 is 0. The van der Waals surface area contributed by atoms with E-state index in [1.54, 1.807) is 12.1 Å². The zero-order chi connectivity index (χ0) is 19.1. The number of nitrogens with one attached hydrogen (secondary N) is 3. The fourth-order valence-electron chi connectivity index (χ4n) is 3.69. The summed E-state index contributed by atoms with van der Waals surface area (Å²) in [6, 6.07) is 17.4. The number of nitrogens with zero attached hydrogens (tertiary/aromatic N) is 1. The summed E-state index contributed by atoms with van der Waals surface area (Å²) in [7, 11) is 0. The molecule has 0 aliphatic heterocycles. The first-order valence-electron chi connectivity index (χ1n) is 9.11. The van der Waals surface area contributed by atoms with E-state index in [-0.39, 0.29) is 5.43 Å². The summed E-state index contributed by atoms with van der Waals surface area (Å²) in [4.78, 5) is 25.0. The average molecular weight is 366 g/mol. The number of benzene rings is 2. The van der Waals surface area contributed by atoms with Crippen molar-refractivity contribution in [2.75, 3.05) is 0 Å². The minimum atomic E-state index is 0.0377. The van der Waals surface area contributed by atoms with E-state index >= 15 is 0 Å². The molecular weight excluding hydrogens is 348 g/mol. The largest absolute Gasteiger partial charge is 0.364 e. The Balaban J connectivity index is 0.000000123. The lowest BCUT2D eigenvalue weighted by molar-refractivity contribution is 1.22. The molecule has 0 bridgehead atoms. The molecule has 3 N–H and O–H groups in total. The molecule has 0 saturated heterocycles. The maximum absolute atomic E-state index is 11.2. The normalized spacial score (nSPS) is 11.2. The van der Waals surface area contributed by atoms with Crippen LogP contribution in [0.4, 0.5) is 0 Å². The van der Waals surface area contributed by atoms with Crippen LogP contribution in [0.2, 0.25) is 0 Å². The zero-order valence-corrected chi connectivity index (χ0v) is 15.3. The third-order valence-electron chi connectivity index (χ3n) is 5.04. The van der Waals surface area contributed by atoms with Crippen LogP contribution >= 0.6 is 0 Å². The maximum atomic E-state index is 11.2. The molecule has 0 atom stereocenters. The Hall–Kier alpha value is -3.86. The van der Waals surface area contributed by atoms with E-state index < -0.39 is 0 Å². The SMILES string of the molecule is Cc1[nH]ccc2c1[nH]c1cc(=O)ccc12.c1ccc2c(c1)[nH]c1cnccc12. The van der Waals surface area contributed by atoms with E-state index in [2.05, 4.69) is 38.1 Å². The van der Waals surface area contributed by atoms with Crippen molar-refractivity contribution >= 4 is 43.6 Å². The van der Waals surface area contributed by atoms with Gasteiger partial charge in [-0.05, 0) is 37.3 Å². The van der Waals surface area contributed by atoms with Crippen LogP contribution in [0.15, 0.2) is 78.0 Å². The Labute approximate surface area is 160 Å². The number of hydrogen-bond donors (Lipinski definition) is 3. The summed E-state index contributed by atoms with van der Waals surface area (Å²) in [5.74, 6) is 0. The minimum absolute atomic E-state index is 0.0377. The molecule has 0 aliphatic carbocycles. The molecule has 5 heteroatoms. The number of hydrogen-bond acceptors (Lipinski definition) is 2. The quantitative estimate of drug-likeness (QED) is 0.352. The molecule has 28 heavy (non-hydrogen) atoms. The van der Waals surface area contributed by atoms with Crippen LogP contribution in [0.25, 0.3) is 43.6 Å². The van der Waals surface area contributed by atoms with Crippen molar-refractivity contribution < 1.29 is 0 Å². The van der Waals surface area contributed by atoms with Gasteiger partial charge in [0.25, 0.3) is 0 Å². The highest BCUT2D eigenvalue weighted by molar-refractivity contribution is 6.08. The van der Waals surface area contributed by atoms with E-state index in [4.69, 9.17) is 0 Å². The lowest BCUT2D eigenvalue weighted by Crippen LogP contribution is -1.93. The van der Waals surface area contributed by atoms with Gasteiger partial charge in [-0.25, -0.2) is 0 Å². The van der Waals surface area contributed by atoms with Gasteiger partial charge >= 0.3 is 0 Å². The Morgan fingerprint density at radius 3 is 2.54 bits per heavy atom. The van der Waals surface area contributed by atoms with Gasteiger partial charge in [-0.3, -0.25) is 9.78 Å². The first-order valence-corrected chi connectivity index (χ1v) is 9.11. The van der Waals surface area contributed by atoms with Gasteiger partial charge in [0.2, 0.25) is 0 Å². The van der Waals surface area contributed by atoms with Crippen LogP contribution in [0.1, 0.15) is 5.69 Å². The number of para-hydroxylation sites is 1. The first kappa shape index (κ1) is 16.3. The predicted octanol–water partition coefficient (Wildman–Crippen LogP) is 5.03. The molecular formula is C23H18N4O. The molecule has 6 rings (SSSR count). The number of aryl methyl sites for hydroxylation is 1. The number of fused-ring (bicyclic) bond motifs is 6. The average Bonchev–Trinajstić information content (AvgIpc) is 3.27. The van der Waals surface area contributed by atoms with E-state index in [0.717, 1.165) is 33.0 Å². The molecule has 136 valence electrons. The molecule has 2 aromatic carbocycles. The van der Waals surface area contributed by atoms with Crippen molar-refractivity contribution in [3.63, 3.8) is 0 Å². The molecule has 0 saturated carbocycles. The summed E-state index contributed by atoms with van der Waals surface area (Å²) in [5, 5.41) is 4.76. The van der Waals surface area contributed by atoms with Crippen LogP contribution < -0.4 is 5.43 Å². The summed E-state index contributed by atoms with van der Waals surface area (Å²) < 4.78 is 0. The monoisotopic (exact) mass is 366 g/mol. The molecule has 0 fully saturated rings. The van der Waals surface area contributed by atoms with E-state index in [1.807, 2.05) is 49.8 Å². The maximum Gasteiger partial charge on any atom is 0.180 e. The fourth-order valence-corrected chi connectivity index (χ4v) is 3.69. The first-order chi connectivity index (χ1) is 13.7. The zero-order valence-electron chi connectivity index (χ0n) is 15.3. The number of rotatable bonds is 0. The summed E-state index contributed by atoms with van der Waals surface area (Å²) in [5.41, 5.74) is 5.36. The number of aromatic nitrogens is 4. The Morgan fingerprint density at radius 2 is 1.61 bits per heavy atom. The Bertz CT molecular complexity index is 1450. The van der Waals surface area contributed by atoms with Crippen molar-refractivity contribution in [3.8, 4) is 0 Å². The second kappa shape index (κ2) is 6.39. The second-order valence-corrected chi connectivity index (χ2v) is 6.82. The van der Waals surface area contributed by atoms with Crippen LogP contribution in [-0.2, 0) is 0 Å². The van der Waals surface area contributed by atoms with Crippen molar-refractivity contribution in [2.24, 2.45) is 0 Å². The van der Waals surface area contributed by atoms with Crippen molar-refractivity contribution in [1.29, 1.82) is 0 Å². The van der Waals surface area contributed by atoms with Crippen LogP contribution in [-0.4, -0.2) is 19.9 Å². The van der Waals surface area contributed by atoms with Crippen LogP contribution in [0, 0.1) is 6.92 Å². The fraction of sp³-hybridized carbons (Fsp3) is 0.0435. The third kappa shape index (κ3) is 2.65. The van der Waals surface area contributed by atoms with Crippen LogP contribution in [0.5, 0.6) is 0 Å². The lowest BCUT2D eigenvalue weighted by atomic mass is 10.2. The van der Waals surface area contributed by atoms with E-state index in [9.17, 15) is 4.79 Å². The Morgan fingerprint density at radius 1 is 0.786 bits per heavy atom. The molecule has 0 spiro atoms. The smallest absolute Gasteiger partial charge is 0.180 e. The molecule has 5 nitrogen and oxygen atoms in total. The topological polar surface area (TPSA) is 77.3 Å². The molecule has 0 radical (unpaired) electrons. The van der Waals surface area contributed by atoms with Gasteiger partial charge in [0.15, 0.2) is 5.43 Å². The standard InChI is InChI=1S/C12H10N2O.C11H8N2/c1-7-12-10(4-5-13-7)9-3-2-8(15)6-11(9)14-12;1-2-4-10-8(3-1)9-5-6-12-7-11(9)13-10/h2-6,13-14H,1H3;1-7,13H. The molecule has 4 aromatic heterocycles. The Kier molecular flexibility index (Phi) is 3.72. The summed E-state index contributed by atoms with van der Waals surface area (Å²) in [6.45, 7) is 2.01. The highest BCUT2D eigenvalue weighted by Gasteiger charge is 2.05.